The van der Waals surface area contributed by atoms with Crippen molar-refractivity contribution < 1.29 is 4.79 Å². The molecule has 1 saturated carbocycles. The van der Waals surface area contributed by atoms with Crippen molar-refractivity contribution in [2.75, 3.05) is 0 Å². The highest BCUT2D eigenvalue weighted by Crippen LogP contribution is 2.49. The van der Waals surface area contributed by atoms with Crippen molar-refractivity contribution in [3.8, 4) is 0 Å². The van der Waals surface area contributed by atoms with Crippen LogP contribution in [0.3, 0.4) is 0 Å². The summed E-state index contributed by atoms with van der Waals surface area (Å²) in [5.41, 5.74) is 0. The van der Waals surface area contributed by atoms with Crippen molar-refractivity contribution in [1.29, 1.82) is 0 Å². The third-order valence-electron chi connectivity index (χ3n) is 4.55. The Balaban J connectivity index is 2.35. The van der Waals surface area contributed by atoms with Crippen molar-refractivity contribution in [1.82, 2.24) is 0 Å². The van der Waals surface area contributed by atoms with Crippen LogP contribution in [0, 0.1) is 0 Å². The summed E-state index contributed by atoms with van der Waals surface area (Å²) in [4.78, 5) is 11.6. The van der Waals surface area contributed by atoms with Gasteiger partial charge in [-0.2, -0.15) is 0 Å². The average Bonchev–Trinajstić information content (AvgIpc) is 2.62. The van der Waals surface area contributed by atoms with Gasteiger partial charge in [0.2, 0.25) is 0 Å². The smallest absolute Gasteiger partial charge is 0.133 e. The molecule has 1 unspecified atom stereocenters. The van der Waals surface area contributed by atoms with Crippen LogP contribution in [0.25, 0.3) is 0 Å². The number of carbonyl (C=O) groups excluding carboxylic acids is 1. The Morgan fingerprint density at radius 3 is 2.31 bits per heavy atom. The van der Waals surface area contributed by atoms with Gasteiger partial charge in [0.1, 0.15) is 5.78 Å². The summed E-state index contributed by atoms with van der Waals surface area (Å²) in [6.45, 7) is 7.12. The van der Waals surface area contributed by atoms with Crippen molar-refractivity contribution in [3.63, 3.8) is 0 Å². The fourth-order valence-corrected chi connectivity index (χ4v) is 5.88. The Morgan fingerprint density at radius 2 is 1.81 bits per heavy atom. The largest absolute Gasteiger partial charge is 0.300 e. The standard InChI is InChI=1S/C14H20OSi/c1-14(10-9-12(15)11-14)16(2,3)13-7-5-4-6-8-13/h4-8H,9-11H2,1-3H3. The van der Waals surface area contributed by atoms with Gasteiger partial charge in [0.15, 0.2) is 0 Å². The molecule has 86 valence electrons. The van der Waals surface area contributed by atoms with E-state index in [0.717, 1.165) is 19.3 Å². The highest BCUT2D eigenvalue weighted by molar-refractivity contribution is 6.92. The predicted octanol–water partition coefficient (Wildman–Crippen LogP) is 3.12. The van der Waals surface area contributed by atoms with Crippen LogP contribution in [-0.2, 0) is 4.79 Å². The Hall–Kier alpha value is -0.893. The van der Waals surface area contributed by atoms with Crippen LogP contribution >= 0.6 is 0 Å². The average molecular weight is 232 g/mol. The summed E-state index contributed by atoms with van der Waals surface area (Å²) in [6.07, 6.45) is 2.67. The van der Waals surface area contributed by atoms with Crippen LogP contribution in [0.1, 0.15) is 26.2 Å². The van der Waals surface area contributed by atoms with Crippen LogP contribution in [0.4, 0.5) is 0 Å². The van der Waals surface area contributed by atoms with E-state index in [0.29, 0.717) is 5.78 Å². The molecule has 0 heterocycles. The van der Waals surface area contributed by atoms with Crippen LogP contribution in [0.5, 0.6) is 0 Å². The minimum Gasteiger partial charge on any atom is -0.300 e. The monoisotopic (exact) mass is 232 g/mol. The Bertz CT molecular complexity index is 396. The van der Waals surface area contributed by atoms with Gasteiger partial charge in [0.25, 0.3) is 0 Å². The van der Waals surface area contributed by atoms with Gasteiger partial charge in [0, 0.05) is 12.8 Å². The van der Waals surface area contributed by atoms with Gasteiger partial charge in [-0.15, -0.1) is 0 Å². The number of hydrogen-bond donors (Lipinski definition) is 0. The second kappa shape index (κ2) is 3.84. The lowest BCUT2D eigenvalue weighted by molar-refractivity contribution is -0.117. The number of hydrogen-bond acceptors (Lipinski definition) is 1. The van der Waals surface area contributed by atoms with E-state index in [-0.39, 0.29) is 5.04 Å². The van der Waals surface area contributed by atoms with Gasteiger partial charge in [0.05, 0.1) is 8.07 Å². The third kappa shape index (κ3) is 1.75. The highest BCUT2D eigenvalue weighted by Gasteiger charge is 2.48. The Morgan fingerprint density at radius 1 is 1.19 bits per heavy atom. The van der Waals surface area contributed by atoms with Crippen LogP contribution < -0.4 is 5.19 Å². The highest BCUT2D eigenvalue weighted by atomic mass is 28.3. The number of ketones is 1. The van der Waals surface area contributed by atoms with Gasteiger partial charge in [-0.1, -0.05) is 55.5 Å². The van der Waals surface area contributed by atoms with E-state index < -0.39 is 8.07 Å². The van der Waals surface area contributed by atoms with Gasteiger partial charge < -0.3 is 0 Å². The molecule has 0 bridgehead atoms. The minimum absolute atomic E-state index is 0.255. The van der Waals surface area contributed by atoms with E-state index in [1.807, 2.05) is 0 Å². The fraction of sp³-hybridized carbons (Fsp3) is 0.500. The summed E-state index contributed by atoms with van der Waals surface area (Å²) < 4.78 is 0. The maximum Gasteiger partial charge on any atom is 0.133 e. The van der Waals surface area contributed by atoms with E-state index in [2.05, 4.69) is 50.3 Å². The van der Waals surface area contributed by atoms with Gasteiger partial charge in [-0.05, 0) is 11.5 Å². The first-order chi connectivity index (χ1) is 7.46. The SMILES string of the molecule is CC1([Si](C)(C)c2ccccc2)CCC(=O)C1. The molecule has 0 radical (unpaired) electrons. The molecule has 2 rings (SSSR count). The van der Waals surface area contributed by atoms with Gasteiger partial charge in [-0.3, -0.25) is 4.79 Å². The third-order valence-corrected chi connectivity index (χ3v) is 9.77. The zero-order valence-electron chi connectivity index (χ0n) is 10.4. The van der Waals surface area contributed by atoms with E-state index in [4.69, 9.17) is 0 Å². The van der Waals surface area contributed by atoms with Gasteiger partial charge in [-0.25, -0.2) is 0 Å². The van der Waals surface area contributed by atoms with Crippen molar-refractivity contribution in [3.05, 3.63) is 30.3 Å². The second-order valence-electron chi connectivity index (χ2n) is 5.77. The molecule has 0 aromatic heterocycles. The Kier molecular flexibility index (Phi) is 2.78. The lowest BCUT2D eigenvalue weighted by Gasteiger charge is -2.39. The maximum absolute atomic E-state index is 11.6. The molecule has 1 aliphatic carbocycles. The van der Waals surface area contributed by atoms with E-state index in [1.165, 1.54) is 5.19 Å². The van der Waals surface area contributed by atoms with Crippen molar-refractivity contribution >= 4 is 19.0 Å². The molecule has 1 aromatic carbocycles. The zero-order valence-corrected chi connectivity index (χ0v) is 11.4. The summed E-state index contributed by atoms with van der Waals surface area (Å²) in [7, 11) is -1.53. The first kappa shape index (κ1) is 11.6. The lowest BCUT2D eigenvalue weighted by atomic mass is 10.1. The van der Waals surface area contributed by atoms with E-state index in [9.17, 15) is 4.79 Å². The maximum atomic E-state index is 11.6. The minimum atomic E-state index is -1.53. The van der Waals surface area contributed by atoms with Crippen LogP contribution in [0.15, 0.2) is 30.3 Å². The molecule has 0 amide bonds. The zero-order chi connectivity index (χ0) is 11.8. The quantitative estimate of drug-likeness (QED) is 0.716. The molecule has 2 heteroatoms. The summed E-state index contributed by atoms with van der Waals surface area (Å²) in [5.74, 6) is 0.457. The lowest BCUT2D eigenvalue weighted by Crippen LogP contribution is -2.50. The predicted molar refractivity (Wildman–Crippen MR) is 70.8 cm³/mol. The first-order valence-electron chi connectivity index (χ1n) is 6.03. The summed E-state index contributed by atoms with van der Waals surface area (Å²) in [6, 6.07) is 10.8. The molecular formula is C14H20OSi. The molecule has 0 N–H and O–H groups in total. The van der Waals surface area contributed by atoms with Gasteiger partial charge >= 0.3 is 0 Å². The molecule has 1 aromatic rings. The molecule has 16 heavy (non-hydrogen) atoms. The van der Waals surface area contributed by atoms with Crippen molar-refractivity contribution in [2.45, 2.75) is 44.3 Å². The summed E-state index contributed by atoms with van der Waals surface area (Å²) >= 11 is 0. The number of benzene rings is 1. The molecule has 1 nitrogen and oxygen atoms in total. The normalized spacial score (nSPS) is 26.1. The number of rotatable bonds is 2. The van der Waals surface area contributed by atoms with Crippen LogP contribution in [-0.4, -0.2) is 13.9 Å². The second-order valence-corrected chi connectivity index (χ2v) is 10.8. The summed E-state index contributed by atoms with van der Waals surface area (Å²) in [5, 5.41) is 1.73. The first-order valence-corrected chi connectivity index (χ1v) is 9.03. The molecule has 0 aliphatic heterocycles. The van der Waals surface area contributed by atoms with E-state index in [1.54, 1.807) is 0 Å². The fourth-order valence-electron chi connectivity index (χ4n) is 2.76. The molecule has 0 saturated heterocycles. The Labute approximate surface area is 98.9 Å². The molecule has 1 atom stereocenters. The molecule has 1 fully saturated rings. The molecule has 1 aliphatic rings. The molecular weight excluding hydrogens is 212 g/mol. The van der Waals surface area contributed by atoms with Crippen LogP contribution in [0.2, 0.25) is 18.1 Å². The van der Waals surface area contributed by atoms with E-state index >= 15 is 0 Å². The van der Waals surface area contributed by atoms with Crippen molar-refractivity contribution in [2.24, 2.45) is 0 Å². The number of Topliss-reactive ketones (excluding diaryl/α,β-unsaturated/α-hetero) is 1. The molecule has 0 spiro atoms. The number of carbonyl (C=O) groups is 1. The topological polar surface area (TPSA) is 17.1 Å².